The van der Waals surface area contributed by atoms with Crippen molar-refractivity contribution in [1.82, 2.24) is 0 Å². The maximum Gasteiger partial charge on any atom is 0.134 e. The minimum absolute atomic E-state index is 0.0203. The van der Waals surface area contributed by atoms with Crippen molar-refractivity contribution in [3.05, 3.63) is 59.4 Å². The second-order valence-electron chi connectivity index (χ2n) is 11.8. The molecule has 1 heteroatoms. The number of allylic oxidation sites excluding steroid dienone is 2. The Kier molecular flexibility index (Phi) is 10.3. The SMILES string of the molecule is C/C=C/CCc1ccc2c(F)c(CCC3CCC(C4CCC(CCCCC)CC4)CC3)ccc2c1. The number of unbranched alkanes of at least 4 members (excludes halogenated alkanes) is 2. The van der Waals surface area contributed by atoms with Crippen LogP contribution in [0.3, 0.4) is 0 Å². The highest BCUT2D eigenvalue weighted by molar-refractivity contribution is 5.84. The number of benzene rings is 2. The molecule has 0 aliphatic heterocycles. The molecule has 0 nitrogen and oxygen atoms in total. The van der Waals surface area contributed by atoms with Crippen LogP contribution in [0.25, 0.3) is 10.8 Å². The Hall–Kier alpha value is -1.63. The van der Waals surface area contributed by atoms with E-state index >= 15 is 4.39 Å². The molecular formula is C34H49F. The van der Waals surface area contributed by atoms with E-state index in [0.717, 1.165) is 65.7 Å². The molecule has 0 heterocycles. The molecular weight excluding hydrogens is 427 g/mol. The van der Waals surface area contributed by atoms with Gasteiger partial charge in [-0.2, -0.15) is 0 Å². The van der Waals surface area contributed by atoms with Crippen molar-refractivity contribution in [3.63, 3.8) is 0 Å². The number of fused-ring (bicyclic) bond motifs is 1. The van der Waals surface area contributed by atoms with E-state index in [0.29, 0.717) is 0 Å². The average molecular weight is 477 g/mol. The van der Waals surface area contributed by atoms with Gasteiger partial charge >= 0.3 is 0 Å². The molecule has 2 fully saturated rings. The maximum atomic E-state index is 15.3. The third-order valence-electron chi connectivity index (χ3n) is 9.42. The molecule has 0 atom stereocenters. The summed E-state index contributed by atoms with van der Waals surface area (Å²) in [5.74, 6) is 3.81. The van der Waals surface area contributed by atoms with Gasteiger partial charge in [0, 0.05) is 5.39 Å². The summed E-state index contributed by atoms with van der Waals surface area (Å²) in [5.41, 5.74) is 2.21. The lowest BCUT2D eigenvalue weighted by atomic mass is 9.68. The summed E-state index contributed by atoms with van der Waals surface area (Å²) in [6, 6.07) is 10.5. The predicted molar refractivity (Wildman–Crippen MR) is 150 cm³/mol. The van der Waals surface area contributed by atoms with Crippen LogP contribution in [-0.4, -0.2) is 0 Å². The Labute approximate surface area is 214 Å². The second-order valence-corrected chi connectivity index (χ2v) is 11.8. The molecule has 2 saturated carbocycles. The van der Waals surface area contributed by atoms with Gasteiger partial charge in [-0.05, 0) is 98.5 Å². The largest absolute Gasteiger partial charge is 0.206 e. The molecule has 0 radical (unpaired) electrons. The molecule has 0 amide bonds. The molecule has 2 aromatic rings. The van der Waals surface area contributed by atoms with Crippen molar-refractivity contribution in [2.75, 3.05) is 0 Å². The molecule has 0 spiro atoms. The van der Waals surface area contributed by atoms with Crippen LogP contribution in [0, 0.1) is 29.5 Å². The standard InChI is InChI=1S/C34H49F/c1-3-5-7-9-26-11-17-29(18-12-26)30-19-13-27(14-20-30)15-21-31-22-23-32-25-28(10-8-6-4-2)16-24-33(32)34(31)35/h4,6,16,22-27,29-30H,3,5,7-15,17-21H2,1-2H3/b6-4+. The number of hydrogen-bond donors (Lipinski definition) is 0. The van der Waals surface area contributed by atoms with Gasteiger partial charge in [0.15, 0.2) is 0 Å². The Morgan fingerprint density at radius 1 is 0.800 bits per heavy atom. The normalized spacial score (nSPS) is 25.5. The molecule has 192 valence electrons. The number of rotatable bonds is 11. The van der Waals surface area contributed by atoms with Crippen molar-refractivity contribution in [1.29, 1.82) is 0 Å². The van der Waals surface area contributed by atoms with Crippen LogP contribution in [0.4, 0.5) is 4.39 Å². The quantitative estimate of drug-likeness (QED) is 0.223. The van der Waals surface area contributed by atoms with Crippen molar-refractivity contribution < 1.29 is 4.39 Å². The van der Waals surface area contributed by atoms with E-state index in [1.807, 2.05) is 6.07 Å². The van der Waals surface area contributed by atoms with Crippen LogP contribution in [0.15, 0.2) is 42.5 Å². The fraction of sp³-hybridized carbons (Fsp3) is 0.647. The second kappa shape index (κ2) is 13.6. The molecule has 0 saturated heterocycles. The summed E-state index contributed by atoms with van der Waals surface area (Å²) in [5, 5.41) is 1.84. The first-order chi connectivity index (χ1) is 17.2. The zero-order valence-electron chi connectivity index (χ0n) is 22.5. The van der Waals surface area contributed by atoms with E-state index in [1.165, 1.54) is 82.6 Å². The first-order valence-corrected chi connectivity index (χ1v) is 15.0. The average Bonchev–Trinajstić information content (AvgIpc) is 2.89. The van der Waals surface area contributed by atoms with E-state index in [2.05, 4.69) is 50.3 Å². The van der Waals surface area contributed by atoms with E-state index < -0.39 is 0 Å². The van der Waals surface area contributed by atoms with Gasteiger partial charge in [-0.1, -0.05) is 101 Å². The topological polar surface area (TPSA) is 0 Å². The van der Waals surface area contributed by atoms with Crippen molar-refractivity contribution in [3.8, 4) is 0 Å². The third-order valence-corrected chi connectivity index (χ3v) is 9.42. The molecule has 0 unspecified atom stereocenters. The number of aryl methyl sites for hydroxylation is 2. The molecule has 4 rings (SSSR count). The molecule has 35 heavy (non-hydrogen) atoms. The summed E-state index contributed by atoms with van der Waals surface area (Å²) in [4.78, 5) is 0. The summed E-state index contributed by atoms with van der Waals surface area (Å²) >= 11 is 0. The minimum Gasteiger partial charge on any atom is -0.206 e. The van der Waals surface area contributed by atoms with Gasteiger partial charge in [-0.15, -0.1) is 0 Å². The summed E-state index contributed by atoms with van der Waals surface area (Å²) in [7, 11) is 0. The van der Waals surface area contributed by atoms with Gasteiger partial charge in [0.2, 0.25) is 0 Å². The highest BCUT2D eigenvalue weighted by Crippen LogP contribution is 2.43. The fourth-order valence-corrected chi connectivity index (χ4v) is 7.09. The van der Waals surface area contributed by atoms with Gasteiger partial charge in [0.1, 0.15) is 5.82 Å². The zero-order chi connectivity index (χ0) is 24.5. The number of hydrogen-bond acceptors (Lipinski definition) is 0. The molecule has 2 aliphatic rings. The van der Waals surface area contributed by atoms with E-state index in [9.17, 15) is 0 Å². The van der Waals surface area contributed by atoms with Crippen LogP contribution in [0.2, 0.25) is 0 Å². The Morgan fingerprint density at radius 2 is 1.49 bits per heavy atom. The van der Waals surface area contributed by atoms with E-state index in [-0.39, 0.29) is 5.82 Å². The van der Waals surface area contributed by atoms with E-state index in [1.54, 1.807) is 0 Å². The van der Waals surface area contributed by atoms with Gasteiger partial charge in [-0.3, -0.25) is 0 Å². The Bertz CT molecular complexity index is 925. The molecule has 2 aromatic carbocycles. The fourth-order valence-electron chi connectivity index (χ4n) is 7.09. The van der Waals surface area contributed by atoms with Crippen LogP contribution < -0.4 is 0 Å². The van der Waals surface area contributed by atoms with Crippen molar-refractivity contribution in [2.24, 2.45) is 23.7 Å². The summed E-state index contributed by atoms with van der Waals surface area (Å²) in [6.07, 6.45) is 25.7. The minimum atomic E-state index is 0.0203. The summed E-state index contributed by atoms with van der Waals surface area (Å²) < 4.78 is 15.3. The van der Waals surface area contributed by atoms with Crippen molar-refractivity contribution in [2.45, 2.75) is 117 Å². The maximum absolute atomic E-state index is 15.3. The monoisotopic (exact) mass is 476 g/mol. The molecule has 0 N–H and O–H groups in total. The zero-order valence-corrected chi connectivity index (χ0v) is 22.5. The van der Waals surface area contributed by atoms with Crippen LogP contribution in [0.5, 0.6) is 0 Å². The third kappa shape index (κ3) is 7.43. The van der Waals surface area contributed by atoms with E-state index in [4.69, 9.17) is 0 Å². The van der Waals surface area contributed by atoms with Gasteiger partial charge in [-0.25, -0.2) is 4.39 Å². The predicted octanol–water partition coefficient (Wildman–Crippen LogP) is 10.6. The number of halogens is 1. The Morgan fingerprint density at radius 3 is 2.14 bits per heavy atom. The smallest absolute Gasteiger partial charge is 0.134 e. The highest BCUT2D eigenvalue weighted by Gasteiger charge is 2.30. The lowest BCUT2D eigenvalue weighted by Gasteiger charge is -2.38. The lowest BCUT2D eigenvalue weighted by molar-refractivity contribution is 0.140. The Balaban J connectivity index is 1.22. The van der Waals surface area contributed by atoms with Gasteiger partial charge < -0.3 is 0 Å². The molecule has 0 aromatic heterocycles. The first kappa shape index (κ1) is 26.4. The lowest BCUT2D eigenvalue weighted by Crippen LogP contribution is -2.26. The van der Waals surface area contributed by atoms with Crippen LogP contribution in [0.1, 0.15) is 115 Å². The van der Waals surface area contributed by atoms with Crippen molar-refractivity contribution >= 4 is 10.8 Å². The first-order valence-electron chi connectivity index (χ1n) is 15.0. The summed E-state index contributed by atoms with van der Waals surface area (Å²) in [6.45, 7) is 4.37. The van der Waals surface area contributed by atoms with Gasteiger partial charge in [0.25, 0.3) is 0 Å². The van der Waals surface area contributed by atoms with Crippen LogP contribution in [-0.2, 0) is 12.8 Å². The van der Waals surface area contributed by atoms with Crippen LogP contribution >= 0.6 is 0 Å². The van der Waals surface area contributed by atoms with Gasteiger partial charge in [0.05, 0.1) is 0 Å². The highest BCUT2D eigenvalue weighted by atomic mass is 19.1. The molecule has 2 aliphatic carbocycles. The molecule has 0 bridgehead atoms.